The fraction of sp³-hybridized carbons (Fsp3) is 1.00. The molecule has 0 saturated heterocycles. The van der Waals surface area contributed by atoms with Gasteiger partial charge in [-0.3, -0.25) is 0 Å². The van der Waals surface area contributed by atoms with Crippen LogP contribution in [-0.2, 0) is 15.1 Å². The predicted molar refractivity (Wildman–Crippen MR) is 134 cm³/mol. The Kier molecular flexibility index (Phi) is 13.6. The van der Waals surface area contributed by atoms with Crippen LogP contribution in [-0.4, -0.2) is 60.9 Å². The van der Waals surface area contributed by atoms with E-state index in [4.69, 9.17) is 0 Å². The van der Waals surface area contributed by atoms with Crippen LogP contribution in [0.4, 0.5) is 0 Å². The van der Waals surface area contributed by atoms with Crippen LogP contribution in [0.25, 0.3) is 0 Å². The fourth-order valence-electron chi connectivity index (χ4n) is 2.90. The van der Waals surface area contributed by atoms with Gasteiger partial charge in [0.05, 0.1) is 32.8 Å². The molecule has 3 atom stereocenters. The molecule has 3 unspecified atom stereocenters. The molecule has 158 valence electrons. The Morgan fingerprint density at radius 1 is 0.600 bits per heavy atom. The third-order valence-corrected chi connectivity index (χ3v) is 30.2. The molecule has 0 aliphatic carbocycles. The maximum atomic E-state index is 4.20. The Morgan fingerprint density at radius 2 is 0.760 bits per heavy atom. The Balaban J connectivity index is 0. The number of halogens is 1. The first-order valence-corrected chi connectivity index (χ1v) is 20.5. The summed E-state index contributed by atoms with van der Waals surface area (Å²) < 4.78 is 0. The van der Waals surface area contributed by atoms with E-state index in [-0.39, 0.29) is 23.8 Å². The van der Waals surface area contributed by atoms with Crippen LogP contribution >= 0.6 is 33.9 Å². The van der Waals surface area contributed by atoms with E-state index in [2.05, 4.69) is 114 Å². The van der Waals surface area contributed by atoms with Gasteiger partial charge in [-0.25, -0.2) is 0 Å². The van der Waals surface area contributed by atoms with Gasteiger partial charge in [0.2, 0.25) is 0 Å². The van der Waals surface area contributed by atoms with Crippen molar-refractivity contribution in [2.24, 2.45) is 0 Å². The molecule has 0 aliphatic heterocycles. The number of hydrogen-bond donors (Lipinski definition) is 0. The van der Waals surface area contributed by atoms with E-state index >= 15 is 0 Å². The van der Waals surface area contributed by atoms with E-state index in [0.29, 0.717) is 15.5 Å². The van der Waals surface area contributed by atoms with Gasteiger partial charge in [-0.2, -0.15) is 0 Å². The summed E-state index contributed by atoms with van der Waals surface area (Å²) >= 11 is 3.66. The molecular weight excluding hydrogens is 448 g/mol. The second kappa shape index (κ2) is 11.5. The zero-order valence-corrected chi connectivity index (χ0v) is 25.0. The molecule has 0 amide bonds. The molecule has 0 rings (SSSR count). The van der Waals surface area contributed by atoms with Gasteiger partial charge in [0, 0.05) is 20.0 Å². The maximum absolute atomic E-state index is 4.20. The van der Waals surface area contributed by atoms with Gasteiger partial charge in [0.15, 0.2) is 8.07 Å². The van der Waals surface area contributed by atoms with Gasteiger partial charge in [0.25, 0.3) is 0 Å². The minimum atomic E-state index is -1.13. The van der Waals surface area contributed by atoms with E-state index in [1.807, 2.05) is 0 Å². The van der Waals surface area contributed by atoms with Crippen molar-refractivity contribution in [1.29, 1.82) is 0 Å². The Morgan fingerprint density at radius 3 is 0.880 bits per heavy atom. The molecule has 0 radical (unpaired) electrons. The fourth-order valence-corrected chi connectivity index (χ4v) is 29.5. The van der Waals surface area contributed by atoms with E-state index < -0.39 is 8.07 Å². The van der Waals surface area contributed by atoms with Crippen LogP contribution in [0.5, 0.6) is 0 Å². The molecule has 0 aromatic rings. The van der Waals surface area contributed by atoms with Gasteiger partial charge < -0.3 is 0 Å². The molecule has 25 heavy (non-hydrogen) atoms. The van der Waals surface area contributed by atoms with Crippen molar-refractivity contribution >= 4 is 41.9 Å². The van der Waals surface area contributed by atoms with Crippen molar-refractivity contribution in [3.05, 3.63) is 0 Å². The van der Waals surface area contributed by atoms with Crippen LogP contribution < -0.4 is 0 Å². The number of rotatable bonds is 6. The first kappa shape index (κ1) is 29.5. The second-order valence-corrected chi connectivity index (χ2v) is 28.5. The first-order chi connectivity index (χ1) is 10.9. The summed E-state index contributed by atoms with van der Waals surface area (Å²) in [4.78, 5) is 0. The third kappa shape index (κ3) is 12.5. The van der Waals surface area contributed by atoms with Crippen molar-refractivity contribution in [1.82, 2.24) is 0 Å². The zero-order valence-electron chi connectivity index (χ0n) is 19.3. The molecule has 0 bridgehead atoms. The summed E-state index contributed by atoms with van der Waals surface area (Å²) in [5.41, 5.74) is 0. The van der Waals surface area contributed by atoms with Crippen molar-refractivity contribution in [2.45, 2.75) is 84.3 Å². The van der Waals surface area contributed by atoms with Gasteiger partial charge in [-0.1, -0.05) is 6.55 Å². The standard InChI is InChI=1S/C19H45P3Si.ClH.Cu/c1-17(2,3)20(10)14-23(13,15-21(11)18(4,5)6)16-22(12)19(7,8)9;;/h14-16H2,1-13H3;1H;/q;;+1/p+2. The number of hydrogen-bond acceptors (Lipinski definition) is 0. The van der Waals surface area contributed by atoms with Crippen LogP contribution in [0.2, 0.25) is 6.55 Å². The molecule has 0 spiro atoms. The summed E-state index contributed by atoms with van der Waals surface area (Å²) in [6.45, 7) is 33.0. The first-order valence-electron chi connectivity index (χ1n) is 9.49. The molecule has 0 aromatic carbocycles. The molecule has 0 saturated carbocycles. The van der Waals surface area contributed by atoms with Crippen molar-refractivity contribution < 1.29 is 15.1 Å². The SMILES string of the molecule is C[PH+](C[Si](C)(C[PH+](C)C(C)(C)C)C[PH+](C)C(C)(C)C)C(C)(C)C.[Cl][Cu]. The molecular formula is C19H48ClCuP3Si+3. The van der Waals surface area contributed by atoms with Gasteiger partial charge in [0.1, 0.15) is 0 Å². The topological polar surface area (TPSA) is 0 Å². The molecule has 6 heteroatoms. The summed E-state index contributed by atoms with van der Waals surface area (Å²) in [7, 11) is 2.33. The van der Waals surface area contributed by atoms with E-state index in [1.165, 1.54) is 0 Å². The minimum absolute atomic E-state index is 0.248. The summed E-state index contributed by atoms with van der Waals surface area (Å²) in [6.07, 6.45) is 0. The molecule has 0 aromatic heterocycles. The van der Waals surface area contributed by atoms with Crippen molar-refractivity contribution in [3.8, 4) is 0 Å². The van der Waals surface area contributed by atoms with Crippen LogP contribution in [0.1, 0.15) is 62.3 Å². The predicted octanol–water partition coefficient (Wildman–Crippen LogP) is 7.30. The second-order valence-electron chi connectivity index (χ2n) is 11.4. The summed E-state index contributed by atoms with van der Waals surface area (Å²) in [6, 6.07) is 0. The Labute approximate surface area is 178 Å². The van der Waals surface area contributed by atoms with Crippen molar-refractivity contribution in [2.75, 3.05) is 37.4 Å². The average Bonchev–Trinajstić information content (AvgIpc) is 2.37. The third-order valence-electron chi connectivity index (χ3n) is 5.92. The zero-order chi connectivity index (χ0) is 20.9. The van der Waals surface area contributed by atoms with Crippen molar-refractivity contribution in [3.63, 3.8) is 0 Å². The van der Waals surface area contributed by atoms with Gasteiger partial charge in [-0.15, -0.1) is 0 Å². The van der Waals surface area contributed by atoms with E-state index in [0.717, 1.165) is 0 Å². The van der Waals surface area contributed by atoms with E-state index in [9.17, 15) is 0 Å². The van der Waals surface area contributed by atoms with Crippen LogP contribution in [0, 0.1) is 0 Å². The molecule has 0 fully saturated rings. The van der Waals surface area contributed by atoms with E-state index in [1.54, 1.807) is 17.4 Å². The van der Waals surface area contributed by atoms with Crippen LogP contribution in [0.3, 0.4) is 0 Å². The Hall–Kier alpha value is 2.32. The monoisotopic (exact) mass is 495 g/mol. The molecule has 0 N–H and O–H groups in total. The Bertz CT molecular complexity index is 317. The quantitative estimate of drug-likeness (QED) is 0.267. The van der Waals surface area contributed by atoms with Crippen LogP contribution in [0.15, 0.2) is 0 Å². The molecule has 0 aliphatic rings. The normalized spacial score (nSPS) is 19.4. The molecule has 0 nitrogen and oxygen atoms in total. The van der Waals surface area contributed by atoms with Gasteiger partial charge >= 0.3 is 25.2 Å². The average molecular weight is 497 g/mol. The molecule has 0 heterocycles. The summed E-state index contributed by atoms with van der Waals surface area (Å²) in [5, 5.41) is 1.68. The van der Waals surface area contributed by atoms with Gasteiger partial charge in [-0.05, 0) is 86.1 Å². The summed E-state index contributed by atoms with van der Waals surface area (Å²) in [5.74, 6) is 4.91.